The minimum absolute atomic E-state index is 0.124. The Morgan fingerprint density at radius 3 is 2.84 bits per heavy atom. The Morgan fingerprint density at radius 1 is 1.26 bits per heavy atom. The third-order valence-electron chi connectivity index (χ3n) is 3.50. The average Bonchev–Trinajstić information content (AvgIpc) is 2.96. The van der Waals surface area contributed by atoms with Crippen LogP contribution in [0.2, 0.25) is 0 Å². The van der Waals surface area contributed by atoms with Crippen LogP contribution in [0.15, 0.2) is 46.3 Å². The van der Waals surface area contributed by atoms with E-state index in [1.54, 1.807) is 4.57 Å². The monoisotopic (exact) mass is 274 g/mol. The molecule has 0 fully saturated rings. The maximum atomic E-state index is 12.1. The quantitative estimate of drug-likeness (QED) is 0.857. The average molecular weight is 274 g/mol. The second-order valence-corrected chi connectivity index (χ2v) is 6.32. The molecule has 0 saturated heterocycles. The molecule has 0 radical (unpaired) electrons. The molecule has 0 spiro atoms. The largest absolute Gasteiger partial charge is 0.328 e. The highest BCUT2D eigenvalue weighted by molar-refractivity contribution is 8.00. The van der Waals surface area contributed by atoms with E-state index >= 15 is 0 Å². The van der Waals surface area contributed by atoms with Gasteiger partial charge in [0, 0.05) is 35.6 Å². The van der Waals surface area contributed by atoms with Crippen LogP contribution < -0.4 is 5.69 Å². The molecule has 1 aromatic carbocycles. The van der Waals surface area contributed by atoms with Crippen molar-refractivity contribution in [1.82, 2.24) is 9.13 Å². The normalized spacial score (nSPS) is 17.6. The molecule has 0 amide bonds. The summed E-state index contributed by atoms with van der Waals surface area (Å²) in [5, 5.41) is 0.479. The molecule has 0 bridgehead atoms. The van der Waals surface area contributed by atoms with Crippen LogP contribution in [0, 0.1) is 0 Å². The molecular formula is C15H18N2OS. The summed E-state index contributed by atoms with van der Waals surface area (Å²) in [4.78, 5) is 13.5. The number of aryl methyl sites for hydroxylation is 1. The van der Waals surface area contributed by atoms with Crippen LogP contribution >= 0.6 is 11.8 Å². The molecule has 19 heavy (non-hydrogen) atoms. The van der Waals surface area contributed by atoms with E-state index in [0.717, 1.165) is 25.9 Å². The number of rotatable bonds is 4. The van der Waals surface area contributed by atoms with Gasteiger partial charge >= 0.3 is 5.69 Å². The molecule has 1 unspecified atom stereocenters. The summed E-state index contributed by atoms with van der Waals surface area (Å²) in [7, 11) is 0. The first-order chi connectivity index (χ1) is 9.28. The van der Waals surface area contributed by atoms with Crippen molar-refractivity contribution in [3.05, 3.63) is 52.7 Å². The standard InChI is InChI=1S/C15H18N2OS/c1-2-7-16-8-9-17(15(16)18)11-13-10-12-5-3-4-6-14(12)19-13/h3-6,8-9,13H,2,7,10-11H2,1H3. The van der Waals surface area contributed by atoms with E-state index in [-0.39, 0.29) is 5.69 Å². The third kappa shape index (κ3) is 2.50. The van der Waals surface area contributed by atoms with Crippen LogP contribution in [0.3, 0.4) is 0 Å². The van der Waals surface area contributed by atoms with E-state index in [1.807, 2.05) is 28.7 Å². The van der Waals surface area contributed by atoms with Crippen LogP contribution in [-0.2, 0) is 19.5 Å². The van der Waals surface area contributed by atoms with E-state index in [0.29, 0.717) is 5.25 Å². The number of thioether (sulfide) groups is 1. The fourth-order valence-corrected chi connectivity index (χ4v) is 3.90. The van der Waals surface area contributed by atoms with Gasteiger partial charge in [-0.25, -0.2) is 4.79 Å². The van der Waals surface area contributed by atoms with Gasteiger partial charge in [0.1, 0.15) is 0 Å². The molecule has 0 saturated carbocycles. The van der Waals surface area contributed by atoms with Crippen LogP contribution in [0.5, 0.6) is 0 Å². The molecule has 2 heterocycles. The van der Waals surface area contributed by atoms with Crippen LogP contribution in [0.4, 0.5) is 0 Å². The molecule has 3 nitrogen and oxygen atoms in total. The summed E-state index contributed by atoms with van der Waals surface area (Å²) in [6.45, 7) is 3.70. The molecule has 4 heteroatoms. The number of hydrogen-bond acceptors (Lipinski definition) is 2. The molecule has 1 aliphatic rings. The fraction of sp³-hybridized carbons (Fsp3) is 0.400. The van der Waals surface area contributed by atoms with E-state index in [2.05, 4.69) is 31.2 Å². The zero-order valence-corrected chi connectivity index (χ0v) is 11.9. The van der Waals surface area contributed by atoms with E-state index in [1.165, 1.54) is 10.5 Å². The summed E-state index contributed by atoms with van der Waals surface area (Å²) >= 11 is 1.89. The highest BCUT2D eigenvalue weighted by Gasteiger charge is 2.22. The third-order valence-corrected chi connectivity index (χ3v) is 4.80. The van der Waals surface area contributed by atoms with Gasteiger partial charge in [-0.15, -0.1) is 11.8 Å². The minimum Gasteiger partial charge on any atom is -0.299 e. The molecule has 1 aliphatic heterocycles. The molecule has 1 aromatic heterocycles. The summed E-state index contributed by atoms with van der Waals surface area (Å²) in [5.74, 6) is 0. The van der Waals surface area contributed by atoms with Crippen molar-refractivity contribution in [2.75, 3.05) is 0 Å². The summed E-state index contributed by atoms with van der Waals surface area (Å²) in [5.41, 5.74) is 1.54. The van der Waals surface area contributed by atoms with E-state index < -0.39 is 0 Å². The molecule has 1 atom stereocenters. The fourth-order valence-electron chi connectivity index (χ4n) is 2.58. The summed E-state index contributed by atoms with van der Waals surface area (Å²) in [6, 6.07) is 8.53. The molecule has 0 aliphatic carbocycles. The van der Waals surface area contributed by atoms with Gasteiger partial charge in [-0.05, 0) is 24.5 Å². The van der Waals surface area contributed by atoms with Gasteiger partial charge in [0.25, 0.3) is 0 Å². The van der Waals surface area contributed by atoms with Crippen LogP contribution in [0.25, 0.3) is 0 Å². The van der Waals surface area contributed by atoms with E-state index in [4.69, 9.17) is 0 Å². The predicted octanol–water partition coefficient (Wildman–Crippen LogP) is 2.78. The lowest BCUT2D eigenvalue weighted by Gasteiger charge is -2.08. The van der Waals surface area contributed by atoms with E-state index in [9.17, 15) is 4.79 Å². The SMILES string of the molecule is CCCn1ccn(CC2Cc3ccccc3S2)c1=O. The molecule has 2 aromatic rings. The number of fused-ring (bicyclic) bond motifs is 1. The summed E-state index contributed by atoms with van der Waals surface area (Å²) < 4.78 is 3.64. The second-order valence-electron chi connectivity index (χ2n) is 4.98. The van der Waals surface area contributed by atoms with Crippen molar-refractivity contribution in [2.24, 2.45) is 0 Å². The lowest BCUT2D eigenvalue weighted by Crippen LogP contribution is -2.27. The van der Waals surface area contributed by atoms with Crippen molar-refractivity contribution in [1.29, 1.82) is 0 Å². The number of hydrogen-bond donors (Lipinski definition) is 0. The van der Waals surface area contributed by atoms with Crippen molar-refractivity contribution in [3.63, 3.8) is 0 Å². The molecule has 0 N–H and O–H groups in total. The first kappa shape index (κ1) is 12.6. The highest BCUT2D eigenvalue weighted by atomic mass is 32.2. The van der Waals surface area contributed by atoms with Gasteiger partial charge < -0.3 is 0 Å². The lowest BCUT2D eigenvalue weighted by atomic mass is 10.1. The Hall–Kier alpha value is -1.42. The van der Waals surface area contributed by atoms with Gasteiger partial charge in [-0.3, -0.25) is 9.13 Å². The van der Waals surface area contributed by atoms with Crippen molar-refractivity contribution >= 4 is 11.8 Å². The van der Waals surface area contributed by atoms with Gasteiger partial charge in [-0.2, -0.15) is 0 Å². The first-order valence-electron chi connectivity index (χ1n) is 6.78. The number of nitrogens with zero attached hydrogens (tertiary/aromatic N) is 2. The topological polar surface area (TPSA) is 26.9 Å². The van der Waals surface area contributed by atoms with Crippen LogP contribution in [-0.4, -0.2) is 14.4 Å². The van der Waals surface area contributed by atoms with Gasteiger partial charge in [0.2, 0.25) is 0 Å². The zero-order valence-electron chi connectivity index (χ0n) is 11.1. The highest BCUT2D eigenvalue weighted by Crippen LogP contribution is 2.37. The van der Waals surface area contributed by atoms with Gasteiger partial charge in [0.15, 0.2) is 0 Å². The maximum Gasteiger partial charge on any atom is 0.328 e. The number of imidazole rings is 1. The molecular weight excluding hydrogens is 256 g/mol. The predicted molar refractivity (Wildman–Crippen MR) is 78.8 cm³/mol. The zero-order chi connectivity index (χ0) is 13.2. The summed E-state index contributed by atoms with van der Waals surface area (Å²) in [6.07, 6.45) is 5.87. The Balaban J connectivity index is 1.73. The lowest BCUT2D eigenvalue weighted by molar-refractivity contribution is 0.591. The van der Waals surface area contributed by atoms with Crippen molar-refractivity contribution in [2.45, 2.75) is 43.0 Å². The second kappa shape index (κ2) is 5.29. The van der Waals surface area contributed by atoms with Crippen molar-refractivity contribution in [3.8, 4) is 0 Å². The Labute approximate surface area is 117 Å². The smallest absolute Gasteiger partial charge is 0.299 e. The van der Waals surface area contributed by atoms with Gasteiger partial charge in [0.05, 0.1) is 0 Å². The Kier molecular flexibility index (Phi) is 3.51. The first-order valence-corrected chi connectivity index (χ1v) is 7.66. The molecule has 3 rings (SSSR count). The Morgan fingerprint density at radius 2 is 2.05 bits per heavy atom. The van der Waals surface area contributed by atoms with Crippen molar-refractivity contribution < 1.29 is 0 Å². The number of benzene rings is 1. The molecule has 100 valence electrons. The maximum absolute atomic E-state index is 12.1. The minimum atomic E-state index is 0.124. The Bertz CT molecular complexity index is 604. The number of aromatic nitrogens is 2. The van der Waals surface area contributed by atoms with Crippen LogP contribution in [0.1, 0.15) is 18.9 Å². The van der Waals surface area contributed by atoms with Gasteiger partial charge in [-0.1, -0.05) is 25.1 Å².